The highest BCUT2D eigenvalue weighted by Crippen LogP contribution is 2.31. The molecule has 0 N–H and O–H groups in total. The van der Waals surface area contributed by atoms with Crippen LogP contribution in [0.3, 0.4) is 0 Å². The number of ether oxygens (including phenoxy) is 2. The van der Waals surface area contributed by atoms with E-state index in [0.717, 1.165) is 41.6 Å². The van der Waals surface area contributed by atoms with Crippen molar-refractivity contribution in [3.8, 4) is 11.5 Å². The standard InChI is InChI=1S/C35H52N2O3S.BrH/c1-5-6-7-8-9-10-11-12-13-14-15-16-22-40-35-24-32(20-21-34(35)39-4)27-37(30(3)38)33-19-17-18-31(23-33)26-36-25-29(2)41-28-36;/h17-21,23-25H,5-16,22,26-28H2,1-4H3;1H. The summed E-state index contributed by atoms with van der Waals surface area (Å²) in [4.78, 5) is 18.2. The Kier molecular flexibility index (Phi) is 17.8. The number of carbonyl (C=O) groups is 1. The summed E-state index contributed by atoms with van der Waals surface area (Å²) in [5.74, 6) is 2.47. The van der Waals surface area contributed by atoms with Crippen LogP contribution in [-0.2, 0) is 17.9 Å². The highest BCUT2D eigenvalue weighted by Gasteiger charge is 2.16. The highest BCUT2D eigenvalue weighted by atomic mass is 79.9. The quantitative estimate of drug-likeness (QED) is 0.132. The average Bonchev–Trinajstić information content (AvgIpc) is 3.38. The van der Waals surface area contributed by atoms with Gasteiger partial charge in [-0.3, -0.25) is 4.79 Å². The Morgan fingerprint density at radius 3 is 2.14 bits per heavy atom. The van der Waals surface area contributed by atoms with Gasteiger partial charge in [-0.15, -0.1) is 28.7 Å². The number of benzene rings is 2. The van der Waals surface area contributed by atoms with Gasteiger partial charge in [0, 0.05) is 25.4 Å². The van der Waals surface area contributed by atoms with E-state index < -0.39 is 0 Å². The predicted molar refractivity (Wildman–Crippen MR) is 185 cm³/mol. The molecule has 0 bridgehead atoms. The van der Waals surface area contributed by atoms with Crippen LogP contribution < -0.4 is 14.4 Å². The maximum Gasteiger partial charge on any atom is 0.224 e. The van der Waals surface area contributed by atoms with Crippen LogP contribution in [0.1, 0.15) is 109 Å². The van der Waals surface area contributed by atoms with Crippen molar-refractivity contribution >= 4 is 40.3 Å². The van der Waals surface area contributed by atoms with E-state index in [1.165, 1.54) is 81.1 Å². The number of thioether (sulfide) groups is 1. The molecular weight excluding hydrogens is 608 g/mol. The van der Waals surface area contributed by atoms with Crippen LogP contribution in [-0.4, -0.2) is 30.4 Å². The van der Waals surface area contributed by atoms with Crippen LogP contribution in [0, 0.1) is 0 Å². The van der Waals surface area contributed by atoms with Gasteiger partial charge in [-0.25, -0.2) is 0 Å². The number of carbonyl (C=O) groups excluding carboxylic acids is 1. The molecule has 0 aliphatic carbocycles. The van der Waals surface area contributed by atoms with E-state index >= 15 is 0 Å². The van der Waals surface area contributed by atoms with Crippen LogP contribution in [0.25, 0.3) is 0 Å². The van der Waals surface area contributed by atoms with Gasteiger partial charge in [-0.1, -0.05) is 95.8 Å². The summed E-state index contributed by atoms with van der Waals surface area (Å²) in [6, 6.07) is 14.3. The molecule has 0 aromatic heterocycles. The normalized spacial score (nSPS) is 12.6. The number of amides is 1. The topological polar surface area (TPSA) is 42.0 Å². The zero-order valence-electron chi connectivity index (χ0n) is 26.4. The SMILES string of the molecule is Br.CCCCCCCCCCCCCCOc1cc(CN(C(C)=O)c2cccc(CN3C=C(C)SC3)c2)ccc1OC. The van der Waals surface area contributed by atoms with Gasteiger partial charge in [0.1, 0.15) is 0 Å². The Balaban J connectivity index is 0.00000616. The number of allylic oxidation sites excluding steroid dienone is 1. The predicted octanol–water partition coefficient (Wildman–Crippen LogP) is 10.3. The summed E-state index contributed by atoms with van der Waals surface area (Å²) in [6.07, 6.45) is 18.1. The number of hydrogen-bond acceptors (Lipinski definition) is 5. The minimum atomic E-state index is 0. The molecule has 0 saturated carbocycles. The number of rotatable bonds is 20. The molecule has 5 nitrogen and oxygen atoms in total. The highest BCUT2D eigenvalue weighted by molar-refractivity contribution is 8.93. The maximum absolute atomic E-state index is 12.7. The first-order chi connectivity index (χ1) is 20.0. The van der Waals surface area contributed by atoms with Gasteiger partial charge < -0.3 is 19.3 Å². The molecule has 0 atom stereocenters. The largest absolute Gasteiger partial charge is 0.493 e. The average molecular weight is 662 g/mol. The number of methoxy groups -OCH3 is 1. The van der Waals surface area contributed by atoms with Crippen LogP contribution in [0.2, 0.25) is 0 Å². The number of halogens is 1. The molecule has 1 aliphatic heterocycles. The molecule has 1 heterocycles. The van der Waals surface area contributed by atoms with Gasteiger partial charge >= 0.3 is 0 Å². The lowest BCUT2D eigenvalue weighted by atomic mass is 10.1. The minimum absolute atomic E-state index is 0. The molecule has 2 aromatic carbocycles. The van der Waals surface area contributed by atoms with Gasteiger partial charge in [0.25, 0.3) is 0 Å². The van der Waals surface area contributed by atoms with Crippen molar-refractivity contribution in [2.75, 3.05) is 24.5 Å². The van der Waals surface area contributed by atoms with Gasteiger partial charge in [0.15, 0.2) is 11.5 Å². The second kappa shape index (κ2) is 20.7. The third-order valence-corrected chi connectivity index (χ3v) is 8.66. The van der Waals surface area contributed by atoms with E-state index in [4.69, 9.17) is 9.47 Å². The van der Waals surface area contributed by atoms with E-state index in [0.29, 0.717) is 13.2 Å². The second-order valence-corrected chi connectivity index (χ2v) is 12.4. The number of hydrogen-bond donors (Lipinski definition) is 0. The van der Waals surface area contributed by atoms with Crippen LogP contribution in [0.15, 0.2) is 53.6 Å². The Labute approximate surface area is 270 Å². The molecule has 0 radical (unpaired) electrons. The van der Waals surface area contributed by atoms with E-state index in [1.54, 1.807) is 14.0 Å². The van der Waals surface area contributed by atoms with Gasteiger partial charge in [0.2, 0.25) is 5.91 Å². The molecule has 42 heavy (non-hydrogen) atoms. The van der Waals surface area contributed by atoms with Crippen molar-refractivity contribution in [3.63, 3.8) is 0 Å². The van der Waals surface area contributed by atoms with Crippen LogP contribution in [0.4, 0.5) is 5.69 Å². The van der Waals surface area contributed by atoms with Crippen molar-refractivity contribution in [1.82, 2.24) is 4.90 Å². The zero-order valence-corrected chi connectivity index (χ0v) is 28.9. The van der Waals surface area contributed by atoms with E-state index in [-0.39, 0.29) is 22.9 Å². The third kappa shape index (κ3) is 13.0. The zero-order chi connectivity index (χ0) is 29.3. The summed E-state index contributed by atoms with van der Waals surface area (Å²) < 4.78 is 11.7. The Morgan fingerprint density at radius 1 is 0.881 bits per heavy atom. The van der Waals surface area contributed by atoms with Crippen molar-refractivity contribution in [2.45, 2.75) is 111 Å². The number of nitrogens with zero attached hydrogens (tertiary/aromatic N) is 2. The molecule has 0 saturated heterocycles. The molecule has 0 unspecified atom stereocenters. The van der Waals surface area contributed by atoms with Crippen molar-refractivity contribution < 1.29 is 14.3 Å². The molecule has 1 aliphatic rings. The monoisotopic (exact) mass is 660 g/mol. The van der Waals surface area contributed by atoms with Gasteiger partial charge in [-0.2, -0.15) is 0 Å². The maximum atomic E-state index is 12.7. The van der Waals surface area contributed by atoms with Gasteiger partial charge in [0.05, 0.1) is 26.1 Å². The molecule has 2 aromatic rings. The number of unbranched alkanes of at least 4 members (excludes halogenated alkanes) is 11. The molecular formula is C35H53BrN2O3S. The fraction of sp³-hybridized carbons (Fsp3) is 0.571. The fourth-order valence-electron chi connectivity index (χ4n) is 5.29. The van der Waals surface area contributed by atoms with E-state index in [2.05, 4.69) is 37.1 Å². The lowest BCUT2D eigenvalue weighted by Crippen LogP contribution is -2.28. The minimum Gasteiger partial charge on any atom is -0.493 e. The van der Waals surface area contributed by atoms with Gasteiger partial charge in [-0.05, 0) is 53.6 Å². The van der Waals surface area contributed by atoms with Crippen molar-refractivity contribution in [3.05, 3.63) is 64.7 Å². The van der Waals surface area contributed by atoms with Crippen LogP contribution >= 0.6 is 28.7 Å². The third-order valence-electron chi connectivity index (χ3n) is 7.63. The molecule has 1 amide bonds. The Bertz CT molecular complexity index is 1090. The molecule has 0 fully saturated rings. The summed E-state index contributed by atoms with van der Waals surface area (Å²) in [6.45, 7) is 8.05. The molecule has 234 valence electrons. The summed E-state index contributed by atoms with van der Waals surface area (Å²) >= 11 is 1.86. The van der Waals surface area contributed by atoms with Crippen molar-refractivity contribution in [2.24, 2.45) is 0 Å². The summed E-state index contributed by atoms with van der Waals surface area (Å²) in [5, 5.41) is 0. The first-order valence-corrected chi connectivity index (χ1v) is 16.7. The Hall–Kier alpha value is -2.12. The molecule has 0 spiro atoms. The lowest BCUT2D eigenvalue weighted by molar-refractivity contribution is -0.116. The molecule has 7 heteroatoms. The van der Waals surface area contributed by atoms with Crippen molar-refractivity contribution in [1.29, 1.82) is 0 Å². The summed E-state index contributed by atoms with van der Waals surface area (Å²) in [5.41, 5.74) is 3.13. The Morgan fingerprint density at radius 2 is 1.55 bits per heavy atom. The van der Waals surface area contributed by atoms with E-state index in [1.807, 2.05) is 47.0 Å². The first kappa shape index (κ1) is 36.1. The smallest absolute Gasteiger partial charge is 0.224 e. The number of anilines is 1. The summed E-state index contributed by atoms with van der Waals surface area (Å²) in [7, 11) is 1.68. The second-order valence-electron chi connectivity index (χ2n) is 11.3. The lowest BCUT2D eigenvalue weighted by Gasteiger charge is -2.23. The van der Waals surface area contributed by atoms with Crippen LogP contribution in [0.5, 0.6) is 11.5 Å². The first-order valence-electron chi connectivity index (χ1n) is 15.7. The van der Waals surface area contributed by atoms with E-state index in [9.17, 15) is 4.79 Å². The molecule has 3 rings (SSSR count). The fourth-order valence-corrected chi connectivity index (χ4v) is 6.05.